The largest absolute Gasteiger partial charge is 0.456 e. The second-order valence-corrected chi connectivity index (χ2v) is 5.90. The highest BCUT2D eigenvalue weighted by Crippen LogP contribution is 2.36. The summed E-state index contributed by atoms with van der Waals surface area (Å²) >= 11 is 9.52. The fraction of sp³-hybridized carbons (Fsp3) is 0. The van der Waals surface area contributed by atoms with Gasteiger partial charge in [0.2, 0.25) is 0 Å². The minimum atomic E-state index is 0.752. The topological polar surface area (TPSA) is 13.1 Å². The molecule has 1 aromatic heterocycles. The van der Waals surface area contributed by atoms with Crippen LogP contribution in [0.5, 0.6) is 0 Å². The highest BCUT2D eigenvalue weighted by Gasteiger charge is 2.10. The van der Waals surface area contributed by atoms with Gasteiger partial charge in [-0.1, -0.05) is 39.7 Å². The molecule has 0 aliphatic carbocycles. The Kier molecular flexibility index (Phi) is 2.38. The molecular weight excluding hydrogens is 324 g/mol. The third kappa shape index (κ3) is 1.67. The van der Waals surface area contributed by atoms with Gasteiger partial charge in [-0.15, -0.1) is 0 Å². The van der Waals surface area contributed by atoms with Crippen molar-refractivity contribution in [3.63, 3.8) is 0 Å². The van der Waals surface area contributed by atoms with E-state index in [2.05, 4.69) is 28.1 Å². The lowest BCUT2D eigenvalue weighted by Crippen LogP contribution is -1.74. The van der Waals surface area contributed by atoms with E-state index in [1.807, 2.05) is 36.4 Å². The van der Waals surface area contributed by atoms with Gasteiger partial charge in [-0.3, -0.25) is 0 Å². The molecule has 19 heavy (non-hydrogen) atoms. The molecule has 0 atom stereocenters. The van der Waals surface area contributed by atoms with Crippen molar-refractivity contribution in [2.75, 3.05) is 0 Å². The van der Waals surface area contributed by atoms with E-state index in [-0.39, 0.29) is 0 Å². The molecule has 0 saturated heterocycles. The van der Waals surface area contributed by atoms with Gasteiger partial charge >= 0.3 is 0 Å². The smallest absolute Gasteiger partial charge is 0.136 e. The van der Waals surface area contributed by atoms with Crippen molar-refractivity contribution in [2.45, 2.75) is 0 Å². The Morgan fingerprint density at radius 1 is 0.842 bits per heavy atom. The molecule has 0 bridgehead atoms. The van der Waals surface area contributed by atoms with E-state index < -0.39 is 0 Å². The number of hydrogen-bond donors (Lipinski definition) is 0. The molecule has 0 radical (unpaired) electrons. The van der Waals surface area contributed by atoms with E-state index in [1.54, 1.807) is 0 Å². The molecular formula is C16H8BrClO. The maximum atomic E-state index is 6.05. The molecule has 4 aromatic rings. The van der Waals surface area contributed by atoms with Crippen LogP contribution in [0.25, 0.3) is 32.7 Å². The molecule has 3 heteroatoms. The summed E-state index contributed by atoms with van der Waals surface area (Å²) in [6, 6.07) is 16.1. The van der Waals surface area contributed by atoms with Crippen molar-refractivity contribution in [1.29, 1.82) is 0 Å². The summed E-state index contributed by atoms with van der Waals surface area (Å²) in [4.78, 5) is 0. The average Bonchev–Trinajstić information content (AvgIpc) is 2.75. The highest BCUT2D eigenvalue weighted by atomic mass is 79.9. The summed E-state index contributed by atoms with van der Waals surface area (Å²) in [6.07, 6.45) is 0. The quantitative estimate of drug-likeness (QED) is 0.376. The van der Waals surface area contributed by atoms with Crippen LogP contribution in [0.15, 0.2) is 57.4 Å². The first-order valence-electron chi connectivity index (χ1n) is 5.92. The lowest BCUT2D eigenvalue weighted by molar-refractivity contribution is 0.669. The molecule has 0 aliphatic heterocycles. The Bertz CT molecular complexity index is 931. The monoisotopic (exact) mass is 330 g/mol. The molecule has 3 aromatic carbocycles. The van der Waals surface area contributed by atoms with E-state index in [1.165, 1.54) is 5.39 Å². The predicted octanol–water partition coefficient (Wildman–Crippen LogP) is 6.16. The number of rotatable bonds is 0. The minimum Gasteiger partial charge on any atom is -0.456 e. The Hall–Kier alpha value is -1.51. The zero-order valence-corrected chi connectivity index (χ0v) is 12.1. The van der Waals surface area contributed by atoms with Crippen molar-refractivity contribution in [3.05, 3.63) is 58.0 Å². The van der Waals surface area contributed by atoms with Crippen LogP contribution in [0.2, 0.25) is 5.02 Å². The fourth-order valence-corrected chi connectivity index (χ4v) is 3.07. The number of halogens is 2. The maximum Gasteiger partial charge on any atom is 0.136 e. The van der Waals surface area contributed by atoms with Gasteiger partial charge in [-0.05, 0) is 47.2 Å². The first kappa shape index (κ1) is 11.3. The lowest BCUT2D eigenvalue weighted by atomic mass is 10.0. The molecule has 92 valence electrons. The Labute approximate surface area is 122 Å². The Morgan fingerprint density at radius 3 is 2.58 bits per heavy atom. The van der Waals surface area contributed by atoms with Crippen LogP contribution in [0.4, 0.5) is 0 Å². The van der Waals surface area contributed by atoms with E-state index in [0.29, 0.717) is 0 Å². The summed E-state index contributed by atoms with van der Waals surface area (Å²) in [7, 11) is 0. The lowest BCUT2D eigenvalue weighted by Gasteiger charge is -2.00. The fourth-order valence-electron chi connectivity index (χ4n) is 2.55. The van der Waals surface area contributed by atoms with E-state index in [0.717, 1.165) is 36.8 Å². The van der Waals surface area contributed by atoms with Gasteiger partial charge in [-0.25, -0.2) is 0 Å². The summed E-state index contributed by atoms with van der Waals surface area (Å²) in [5.41, 5.74) is 1.80. The van der Waals surface area contributed by atoms with Gasteiger partial charge in [0.1, 0.15) is 11.2 Å². The number of hydrogen-bond acceptors (Lipinski definition) is 1. The second kappa shape index (κ2) is 3.99. The van der Waals surface area contributed by atoms with Crippen LogP contribution >= 0.6 is 27.5 Å². The molecule has 0 spiro atoms. The zero-order valence-electron chi connectivity index (χ0n) is 9.78. The standard InChI is InChI=1S/C16H8BrClO/c17-10-2-4-13-15(8-10)19-14-6-1-9-7-11(18)3-5-12(9)16(13)14/h1-8H. The molecule has 4 rings (SSSR count). The van der Waals surface area contributed by atoms with Crippen molar-refractivity contribution in [1.82, 2.24) is 0 Å². The van der Waals surface area contributed by atoms with Gasteiger partial charge in [0.25, 0.3) is 0 Å². The first-order valence-corrected chi connectivity index (χ1v) is 7.09. The molecule has 0 N–H and O–H groups in total. The summed E-state index contributed by atoms with van der Waals surface area (Å²) < 4.78 is 6.93. The van der Waals surface area contributed by atoms with Crippen molar-refractivity contribution in [2.24, 2.45) is 0 Å². The van der Waals surface area contributed by atoms with E-state index in [4.69, 9.17) is 16.0 Å². The van der Waals surface area contributed by atoms with Gasteiger partial charge in [0, 0.05) is 20.3 Å². The molecule has 0 amide bonds. The Balaban J connectivity index is 2.28. The summed E-state index contributed by atoms with van der Waals surface area (Å²) in [6.45, 7) is 0. The van der Waals surface area contributed by atoms with Crippen LogP contribution in [0.3, 0.4) is 0 Å². The predicted molar refractivity (Wildman–Crippen MR) is 83.9 cm³/mol. The van der Waals surface area contributed by atoms with Crippen LogP contribution in [0, 0.1) is 0 Å². The normalized spacial score (nSPS) is 11.7. The molecule has 1 heterocycles. The third-order valence-electron chi connectivity index (χ3n) is 3.38. The van der Waals surface area contributed by atoms with E-state index >= 15 is 0 Å². The third-order valence-corrected chi connectivity index (χ3v) is 4.10. The van der Waals surface area contributed by atoms with Gasteiger partial charge < -0.3 is 4.42 Å². The number of furan rings is 1. The molecule has 0 aliphatic rings. The van der Waals surface area contributed by atoms with Crippen LogP contribution < -0.4 is 0 Å². The van der Waals surface area contributed by atoms with Gasteiger partial charge in [-0.2, -0.15) is 0 Å². The maximum absolute atomic E-state index is 6.05. The van der Waals surface area contributed by atoms with Gasteiger partial charge in [0.15, 0.2) is 0 Å². The van der Waals surface area contributed by atoms with Crippen LogP contribution in [-0.2, 0) is 0 Å². The molecule has 0 saturated carbocycles. The van der Waals surface area contributed by atoms with Crippen molar-refractivity contribution >= 4 is 60.2 Å². The Morgan fingerprint density at radius 2 is 1.68 bits per heavy atom. The SMILES string of the molecule is Clc1ccc2c(ccc3oc4cc(Br)ccc4c32)c1. The van der Waals surface area contributed by atoms with Gasteiger partial charge in [0.05, 0.1) is 0 Å². The average molecular weight is 332 g/mol. The van der Waals surface area contributed by atoms with Crippen molar-refractivity contribution in [3.8, 4) is 0 Å². The summed E-state index contributed by atoms with van der Waals surface area (Å²) in [5, 5.41) is 5.33. The molecule has 0 fully saturated rings. The highest BCUT2D eigenvalue weighted by molar-refractivity contribution is 9.10. The minimum absolute atomic E-state index is 0.752. The first-order chi connectivity index (χ1) is 9.22. The molecule has 1 nitrogen and oxygen atoms in total. The number of fused-ring (bicyclic) bond motifs is 5. The van der Waals surface area contributed by atoms with Crippen LogP contribution in [-0.4, -0.2) is 0 Å². The zero-order chi connectivity index (χ0) is 13.0. The number of benzene rings is 3. The van der Waals surface area contributed by atoms with Crippen molar-refractivity contribution < 1.29 is 4.42 Å². The second-order valence-electron chi connectivity index (χ2n) is 4.55. The van der Waals surface area contributed by atoms with Crippen LogP contribution in [0.1, 0.15) is 0 Å². The van der Waals surface area contributed by atoms with E-state index in [9.17, 15) is 0 Å². The summed E-state index contributed by atoms with van der Waals surface area (Å²) in [5.74, 6) is 0. The molecule has 0 unspecified atom stereocenters.